The molecule has 9 heteroatoms. The average Bonchev–Trinajstić information content (AvgIpc) is 3.26. The van der Waals surface area contributed by atoms with Crippen LogP contribution in [0.25, 0.3) is 0 Å². The summed E-state index contributed by atoms with van der Waals surface area (Å²) < 4.78 is 34.5. The van der Waals surface area contributed by atoms with Crippen LogP contribution < -0.4 is 0 Å². The van der Waals surface area contributed by atoms with Gasteiger partial charge in [-0.1, -0.05) is 36.4 Å². The SMILES string of the molecule is Cc1ccc(S(=O)(=O)N2CCOCC2)cc1C(=O)N(C)Cc1cnn(Cc2ccccc2)c1. The van der Waals surface area contributed by atoms with Gasteiger partial charge in [-0.25, -0.2) is 8.42 Å². The van der Waals surface area contributed by atoms with Crippen LogP contribution in [0.5, 0.6) is 0 Å². The number of aromatic nitrogens is 2. The lowest BCUT2D eigenvalue weighted by Crippen LogP contribution is -2.40. The fraction of sp³-hybridized carbons (Fsp3) is 0.333. The van der Waals surface area contributed by atoms with Gasteiger partial charge in [-0.2, -0.15) is 9.40 Å². The summed E-state index contributed by atoms with van der Waals surface area (Å²) in [7, 11) is -1.97. The fourth-order valence-electron chi connectivity index (χ4n) is 3.82. The van der Waals surface area contributed by atoms with Crippen molar-refractivity contribution in [1.29, 1.82) is 0 Å². The van der Waals surface area contributed by atoms with Gasteiger partial charge in [0.2, 0.25) is 10.0 Å². The van der Waals surface area contributed by atoms with Gasteiger partial charge in [-0.15, -0.1) is 0 Å². The van der Waals surface area contributed by atoms with Crippen molar-refractivity contribution in [3.8, 4) is 0 Å². The largest absolute Gasteiger partial charge is 0.379 e. The minimum absolute atomic E-state index is 0.127. The highest BCUT2D eigenvalue weighted by Gasteiger charge is 2.28. The van der Waals surface area contributed by atoms with E-state index < -0.39 is 10.0 Å². The van der Waals surface area contributed by atoms with Gasteiger partial charge in [0.25, 0.3) is 5.91 Å². The average molecular weight is 469 g/mol. The minimum atomic E-state index is -3.68. The number of morpholine rings is 1. The van der Waals surface area contributed by atoms with E-state index in [9.17, 15) is 13.2 Å². The first-order chi connectivity index (χ1) is 15.8. The molecule has 1 aliphatic rings. The summed E-state index contributed by atoms with van der Waals surface area (Å²) in [6.07, 6.45) is 3.67. The van der Waals surface area contributed by atoms with Crippen LogP contribution >= 0.6 is 0 Å². The summed E-state index contributed by atoms with van der Waals surface area (Å²) in [5.41, 5.74) is 3.15. The van der Waals surface area contributed by atoms with E-state index in [0.717, 1.165) is 16.7 Å². The van der Waals surface area contributed by atoms with Crippen LogP contribution in [-0.2, 0) is 27.8 Å². The Balaban J connectivity index is 1.48. The third-order valence-electron chi connectivity index (χ3n) is 5.69. The highest BCUT2D eigenvalue weighted by atomic mass is 32.2. The lowest BCUT2D eigenvalue weighted by atomic mass is 10.1. The van der Waals surface area contributed by atoms with Gasteiger partial charge in [0.1, 0.15) is 0 Å². The van der Waals surface area contributed by atoms with E-state index in [1.54, 1.807) is 30.3 Å². The summed E-state index contributed by atoms with van der Waals surface area (Å²) in [4.78, 5) is 14.9. The second-order valence-corrected chi connectivity index (χ2v) is 10.1. The molecule has 0 aliphatic carbocycles. The molecule has 0 atom stereocenters. The van der Waals surface area contributed by atoms with Crippen molar-refractivity contribution in [3.05, 3.63) is 83.2 Å². The molecule has 3 aromatic rings. The zero-order chi connectivity index (χ0) is 23.4. The van der Waals surface area contributed by atoms with Crippen molar-refractivity contribution in [1.82, 2.24) is 19.0 Å². The van der Waals surface area contributed by atoms with Crippen molar-refractivity contribution in [3.63, 3.8) is 0 Å². The van der Waals surface area contributed by atoms with Crippen molar-refractivity contribution >= 4 is 15.9 Å². The molecule has 1 amide bonds. The topological polar surface area (TPSA) is 84.7 Å². The molecule has 1 aromatic heterocycles. The molecule has 0 radical (unpaired) electrons. The zero-order valence-electron chi connectivity index (χ0n) is 18.8. The normalized spacial score (nSPS) is 14.8. The Morgan fingerprint density at radius 1 is 1.09 bits per heavy atom. The van der Waals surface area contributed by atoms with Crippen molar-refractivity contribution in [2.24, 2.45) is 0 Å². The Kier molecular flexibility index (Phi) is 6.92. The van der Waals surface area contributed by atoms with E-state index in [4.69, 9.17) is 4.74 Å². The second-order valence-electron chi connectivity index (χ2n) is 8.19. The Labute approximate surface area is 194 Å². The lowest BCUT2D eigenvalue weighted by molar-refractivity contribution is 0.0730. The molecule has 0 spiro atoms. The van der Waals surface area contributed by atoms with Crippen LogP contribution in [0.2, 0.25) is 0 Å². The van der Waals surface area contributed by atoms with Crippen LogP contribution in [-0.4, -0.2) is 66.7 Å². The molecule has 1 fully saturated rings. The Bertz CT molecular complexity index is 1220. The van der Waals surface area contributed by atoms with Crippen LogP contribution in [0.1, 0.15) is 27.0 Å². The summed E-state index contributed by atoms with van der Waals surface area (Å²) in [6, 6.07) is 14.8. The van der Waals surface area contributed by atoms with Crippen LogP contribution in [0.15, 0.2) is 65.8 Å². The number of benzene rings is 2. The maximum absolute atomic E-state index is 13.2. The van der Waals surface area contributed by atoms with Crippen LogP contribution in [0.3, 0.4) is 0 Å². The number of hydrogen-bond donors (Lipinski definition) is 0. The van der Waals surface area contributed by atoms with E-state index >= 15 is 0 Å². The number of ether oxygens (including phenoxy) is 1. The maximum atomic E-state index is 13.2. The quantitative estimate of drug-likeness (QED) is 0.532. The van der Waals surface area contributed by atoms with Crippen molar-refractivity contribution in [2.45, 2.75) is 24.9 Å². The third kappa shape index (κ3) is 5.32. The molecule has 0 N–H and O–H groups in total. The molecule has 1 saturated heterocycles. The Hall–Kier alpha value is -3.01. The molecule has 2 heterocycles. The van der Waals surface area contributed by atoms with Gasteiger partial charge in [0.15, 0.2) is 0 Å². The van der Waals surface area contributed by atoms with Gasteiger partial charge in [-0.05, 0) is 30.2 Å². The summed E-state index contributed by atoms with van der Waals surface area (Å²) in [5, 5.41) is 4.40. The molecule has 33 heavy (non-hydrogen) atoms. The number of amides is 1. The molecular formula is C24H28N4O4S. The maximum Gasteiger partial charge on any atom is 0.254 e. The van der Waals surface area contributed by atoms with Gasteiger partial charge in [0, 0.05) is 44.0 Å². The van der Waals surface area contributed by atoms with Crippen LogP contribution in [0.4, 0.5) is 0 Å². The molecule has 0 bridgehead atoms. The molecule has 0 saturated carbocycles. The molecule has 1 aliphatic heterocycles. The van der Waals surface area contributed by atoms with Gasteiger partial charge in [-0.3, -0.25) is 9.48 Å². The lowest BCUT2D eigenvalue weighted by Gasteiger charge is -2.26. The van der Waals surface area contributed by atoms with E-state index in [2.05, 4.69) is 5.10 Å². The second kappa shape index (κ2) is 9.86. The number of carbonyl (C=O) groups is 1. The number of sulfonamides is 1. The predicted molar refractivity (Wildman–Crippen MR) is 124 cm³/mol. The standard InChI is InChI=1S/C24H28N4O4S/c1-19-8-9-22(33(30,31)28-10-12-32-13-11-28)14-23(19)24(29)26(2)16-21-15-25-27(18-21)17-20-6-4-3-5-7-20/h3-9,14-15,18H,10-13,16-17H2,1-2H3. The first kappa shape index (κ1) is 23.2. The van der Waals surface area contributed by atoms with Gasteiger partial charge >= 0.3 is 0 Å². The van der Waals surface area contributed by atoms with E-state index in [1.165, 1.54) is 10.4 Å². The van der Waals surface area contributed by atoms with E-state index in [0.29, 0.717) is 45.0 Å². The zero-order valence-corrected chi connectivity index (χ0v) is 19.7. The monoisotopic (exact) mass is 468 g/mol. The third-order valence-corrected chi connectivity index (χ3v) is 7.58. The summed E-state index contributed by atoms with van der Waals surface area (Å²) in [6.45, 7) is 4.20. The van der Waals surface area contributed by atoms with Crippen molar-refractivity contribution < 1.29 is 17.9 Å². The Morgan fingerprint density at radius 3 is 2.55 bits per heavy atom. The number of hydrogen-bond acceptors (Lipinski definition) is 5. The van der Waals surface area contributed by atoms with E-state index in [-0.39, 0.29) is 10.8 Å². The number of rotatable bonds is 7. The van der Waals surface area contributed by atoms with Crippen LogP contribution in [0, 0.1) is 6.92 Å². The van der Waals surface area contributed by atoms with E-state index in [1.807, 2.05) is 48.1 Å². The van der Waals surface area contributed by atoms with Crippen molar-refractivity contribution in [2.75, 3.05) is 33.4 Å². The fourth-order valence-corrected chi connectivity index (χ4v) is 5.26. The highest BCUT2D eigenvalue weighted by molar-refractivity contribution is 7.89. The predicted octanol–water partition coefficient (Wildman–Crippen LogP) is 2.53. The number of nitrogens with zero attached hydrogens (tertiary/aromatic N) is 4. The first-order valence-electron chi connectivity index (χ1n) is 10.8. The highest BCUT2D eigenvalue weighted by Crippen LogP contribution is 2.22. The molecular weight excluding hydrogens is 440 g/mol. The smallest absolute Gasteiger partial charge is 0.254 e. The minimum Gasteiger partial charge on any atom is -0.379 e. The molecule has 4 rings (SSSR count). The molecule has 2 aromatic carbocycles. The Morgan fingerprint density at radius 2 is 1.82 bits per heavy atom. The van der Waals surface area contributed by atoms with Gasteiger partial charge < -0.3 is 9.64 Å². The summed E-state index contributed by atoms with van der Waals surface area (Å²) in [5.74, 6) is -0.234. The first-order valence-corrected chi connectivity index (χ1v) is 12.3. The van der Waals surface area contributed by atoms with Gasteiger partial charge in [0.05, 0.1) is 30.9 Å². The number of aryl methyl sites for hydroxylation is 1. The molecule has 8 nitrogen and oxygen atoms in total. The molecule has 174 valence electrons. The number of carbonyl (C=O) groups excluding carboxylic acids is 1. The summed E-state index contributed by atoms with van der Waals surface area (Å²) >= 11 is 0. The molecule has 0 unspecified atom stereocenters.